The number of aromatic nitrogens is 3. The molecule has 0 fully saturated rings. The van der Waals surface area contributed by atoms with Crippen molar-refractivity contribution < 1.29 is 14.7 Å². The van der Waals surface area contributed by atoms with Crippen LogP contribution in [0.2, 0.25) is 0 Å². The first-order valence-corrected chi connectivity index (χ1v) is 10.9. The van der Waals surface area contributed by atoms with Crippen molar-refractivity contribution in [1.29, 1.82) is 0 Å². The molecule has 2 aromatic carbocycles. The van der Waals surface area contributed by atoms with Gasteiger partial charge in [-0.1, -0.05) is 62.7 Å². The van der Waals surface area contributed by atoms with E-state index < -0.39 is 5.97 Å². The van der Waals surface area contributed by atoms with Gasteiger partial charge in [0, 0.05) is 12.8 Å². The lowest BCUT2D eigenvalue weighted by Gasteiger charge is -2.09. The Hall–Kier alpha value is -3.28. The summed E-state index contributed by atoms with van der Waals surface area (Å²) in [5, 5.41) is 13.9. The van der Waals surface area contributed by atoms with Crippen LogP contribution in [0.15, 0.2) is 48.5 Å². The van der Waals surface area contributed by atoms with Gasteiger partial charge in [-0.2, -0.15) is 0 Å². The van der Waals surface area contributed by atoms with Crippen LogP contribution in [0.4, 0.5) is 0 Å². The highest BCUT2D eigenvalue weighted by atomic mass is 16.4. The Kier molecular flexibility index (Phi) is 7.70. The van der Waals surface area contributed by atoms with Crippen LogP contribution in [-0.4, -0.2) is 31.6 Å². The van der Waals surface area contributed by atoms with E-state index in [4.69, 9.17) is 0 Å². The van der Waals surface area contributed by atoms with E-state index in [0.29, 0.717) is 30.8 Å². The summed E-state index contributed by atoms with van der Waals surface area (Å²) in [5.41, 5.74) is 3.23. The molecule has 0 bridgehead atoms. The third-order valence-corrected chi connectivity index (χ3v) is 5.23. The molecule has 6 nitrogen and oxygen atoms in total. The maximum absolute atomic E-state index is 12.3. The third kappa shape index (κ3) is 5.87. The van der Waals surface area contributed by atoms with Crippen molar-refractivity contribution in [2.24, 2.45) is 0 Å². The van der Waals surface area contributed by atoms with E-state index in [2.05, 4.69) is 17.0 Å². The molecule has 0 amide bonds. The van der Waals surface area contributed by atoms with E-state index in [1.54, 1.807) is 12.1 Å². The fraction of sp³-hybridized carbons (Fsp3) is 0.360. The lowest BCUT2D eigenvalue weighted by atomic mass is 9.99. The fourth-order valence-corrected chi connectivity index (χ4v) is 3.52. The number of carbonyl (C=O) groups is 2. The quantitative estimate of drug-likeness (QED) is 0.445. The van der Waals surface area contributed by atoms with Crippen molar-refractivity contribution in [3.8, 4) is 0 Å². The van der Waals surface area contributed by atoms with E-state index in [1.807, 2.05) is 48.0 Å². The molecule has 6 heteroatoms. The van der Waals surface area contributed by atoms with Gasteiger partial charge in [0.25, 0.3) is 0 Å². The Balaban J connectivity index is 1.76. The van der Waals surface area contributed by atoms with E-state index >= 15 is 0 Å². The van der Waals surface area contributed by atoms with Crippen LogP contribution in [0.25, 0.3) is 0 Å². The monoisotopic (exact) mass is 419 g/mol. The molecule has 1 aromatic heterocycles. The molecule has 3 rings (SSSR count). The highest BCUT2D eigenvalue weighted by Crippen LogP contribution is 2.16. The molecule has 0 aliphatic rings. The summed E-state index contributed by atoms with van der Waals surface area (Å²) in [7, 11) is 0. The molecular weight excluding hydrogens is 390 g/mol. The summed E-state index contributed by atoms with van der Waals surface area (Å²) >= 11 is 0. The number of Topliss-reactive ketones (excluding diaryl/α,β-unsaturated/α-hetero) is 1. The Morgan fingerprint density at radius 3 is 2.35 bits per heavy atom. The smallest absolute Gasteiger partial charge is 0.335 e. The first-order valence-electron chi connectivity index (χ1n) is 10.9. The second kappa shape index (κ2) is 10.7. The van der Waals surface area contributed by atoms with Crippen molar-refractivity contribution >= 4 is 11.8 Å². The molecule has 162 valence electrons. The van der Waals surface area contributed by atoms with Crippen LogP contribution in [0.5, 0.6) is 0 Å². The number of nitrogens with zero attached hydrogens (tertiary/aromatic N) is 3. The lowest BCUT2D eigenvalue weighted by Crippen LogP contribution is -2.08. The second-order valence-corrected chi connectivity index (χ2v) is 7.74. The Morgan fingerprint density at radius 2 is 1.68 bits per heavy atom. The highest BCUT2D eigenvalue weighted by molar-refractivity contribution is 5.92. The first-order chi connectivity index (χ1) is 15.0. The minimum Gasteiger partial charge on any atom is -0.478 e. The van der Waals surface area contributed by atoms with E-state index in [0.717, 1.165) is 48.2 Å². The summed E-state index contributed by atoms with van der Waals surface area (Å²) < 4.78 is 1.84. The molecule has 1 N–H and O–H groups in total. The van der Waals surface area contributed by atoms with Gasteiger partial charge in [-0.15, -0.1) is 5.10 Å². The zero-order valence-corrected chi connectivity index (χ0v) is 18.2. The number of hydrogen-bond acceptors (Lipinski definition) is 4. The molecule has 0 aliphatic carbocycles. The molecule has 0 radical (unpaired) electrons. The number of carbonyl (C=O) groups excluding carboxylic acids is 1. The van der Waals surface area contributed by atoms with Gasteiger partial charge < -0.3 is 5.11 Å². The van der Waals surface area contributed by atoms with Crippen LogP contribution in [0.1, 0.15) is 83.0 Å². The zero-order valence-electron chi connectivity index (χ0n) is 18.2. The lowest BCUT2D eigenvalue weighted by molar-refractivity contribution is 0.0695. The molecule has 31 heavy (non-hydrogen) atoms. The number of rotatable bonds is 11. The van der Waals surface area contributed by atoms with E-state index in [1.165, 1.54) is 0 Å². The number of aryl methyl sites for hydroxylation is 1. The number of hydrogen-bond donors (Lipinski definition) is 1. The van der Waals surface area contributed by atoms with Crippen molar-refractivity contribution in [2.45, 2.75) is 58.9 Å². The number of benzene rings is 2. The third-order valence-electron chi connectivity index (χ3n) is 5.23. The molecule has 1 heterocycles. The van der Waals surface area contributed by atoms with Crippen LogP contribution in [-0.2, 0) is 19.4 Å². The topological polar surface area (TPSA) is 85.1 Å². The first kappa shape index (κ1) is 22.4. The predicted octanol–water partition coefficient (Wildman–Crippen LogP) is 4.94. The second-order valence-electron chi connectivity index (χ2n) is 7.74. The van der Waals surface area contributed by atoms with Crippen LogP contribution in [0.3, 0.4) is 0 Å². The van der Waals surface area contributed by atoms with Gasteiger partial charge in [0.15, 0.2) is 0 Å². The van der Waals surface area contributed by atoms with Crippen molar-refractivity contribution in [1.82, 2.24) is 14.8 Å². The molecule has 0 spiro atoms. The SMILES string of the molecule is CCCCc1nc(C(=O)CCC)nn1Cc1ccc(Cc2ccccc2C(=O)O)cc1. The zero-order chi connectivity index (χ0) is 22.2. The summed E-state index contributed by atoms with van der Waals surface area (Å²) in [6.45, 7) is 4.66. The molecule has 0 saturated heterocycles. The molecule has 0 saturated carbocycles. The summed E-state index contributed by atoms with van der Waals surface area (Å²) in [6, 6.07) is 15.2. The van der Waals surface area contributed by atoms with Crippen LogP contribution in [0, 0.1) is 0 Å². The van der Waals surface area contributed by atoms with Gasteiger partial charge in [0.2, 0.25) is 11.6 Å². The van der Waals surface area contributed by atoms with Crippen molar-refractivity contribution in [3.05, 3.63) is 82.4 Å². The molecule has 3 aromatic rings. The number of carboxylic acid groups (broad SMARTS) is 1. The van der Waals surface area contributed by atoms with Gasteiger partial charge in [-0.05, 0) is 42.0 Å². The minimum atomic E-state index is -0.911. The fourth-order valence-electron chi connectivity index (χ4n) is 3.52. The van der Waals surface area contributed by atoms with Gasteiger partial charge in [-0.25, -0.2) is 14.5 Å². The van der Waals surface area contributed by atoms with Gasteiger partial charge >= 0.3 is 5.97 Å². The summed E-state index contributed by atoms with van der Waals surface area (Å²) in [6.07, 6.45) is 4.66. The highest BCUT2D eigenvalue weighted by Gasteiger charge is 2.16. The summed E-state index contributed by atoms with van der Waals surface area (Å²) in [4.78, 5) is 28.2. The average Bonchev–Trinajstić information content (AvgIpc) is 3.17. The Labute approximate surface area is 183 Å². The van der Waals surface area contributed by atoms with Gasteiger partial charge in [0.05, 0.1) is 12.1 Å². The minimum absolute atomic E-state index is 0.00792. The maximum Gasteiger partial charge on any atom is 0.335 e. The van der Waals surface area contributed by atoms with Crippen LogP contribution < -0.4 is 0 Å². The number of ketones is 1. The van der Waals surface area contributed by atoms with E-state index in [-0.39, 0.29) is 5.78 Å². The predicted molar refractivity (Wildman–Crippen MR) is 120 cm³/mol. The Bertz CT molecular complexity index is 1040. The summed E-state index contributed by atoms with van der Waals surface area (Å²) in [5.74, 6) is 0.244. The van der Waals surface area contributed by atoms with Gasteiger partial charge in [0.1, 0.15) is 5.82 Å². The van der Waals surface area contributed by atoms with Crippen molar-refractivity contribution in [2.75, 3.05) is 0 Å². The van der Waals surface area contributed by atoms with Crippen molar-refractivity contribution in [3.63, 3.8) is 0 Å². The molecular formula is C25H29N3O3. The number of aromatic carboxylic acids is 1. The average molecular weight is 420 g/mol. The largest absolute Gasteiger partial charge is 0.478 e. The normalized spacial score (nSPS) is 10.9. The standard InChI is InChI=1S/C25H29N3O3/c1-3-5-11-23-26-24(22(29)8-4-2)27-28(23)17-19-14-12-18(13-15-19)16-20-9-6-7-10-21(20)25(30)31/h6-7,9-10,12-15H,3-5,8,11,16-17H2,1-2H3,(H,30,31). The maximum atomic E-state index is 12.3. The van der Waals surface area contributed by atoms with Crippen LogP contribution >= 0.6 is 0 Å². The number of carboxylic acids is 1. The molecule has 0 aliphatic heterocycles. The number of unbranched alkanes of at least 4 members (excludes halogenated alkanes) is 1. The van der Waals surface area contributed by atoms with E-state index in [9.17, 15) is 14.7 Å². The van der Waals surface area contributed by atoms with Gasteiger partial charge in [-0.3, -0.25) is 4.79 Å². The molecule has 0 atom stereocenters. The molecule has 0 unspecified atom stereocenters. The Morgan fingerprint density at radius 1 is 0.968 bits per heavy atom.